The highest BCUT2D eigenvalue weighted by atomic mass is 32.2. The third-order valence-electron chi connectivity index (χ3n) is 2.87. The summed E-state index contributed by atoms with van der Waals surface area (Å²) in [6, 6.07) is 18.3. The van der Waals surface area contributed by atoms with Crippen LogP contribution in [0.5, 0.6) is 0 Å². The van der Waals surface area contributed by atoms with Crippen molar-refractivity contribution >= 4 is 27.8 Å². The van der Waals surface area contributed by atoms with Crippen molar-refractivity contribution in [2.45, 2.75) is 0 Å². The van der Waals surface area contributed by atoms with Crippen molar-refractivity contribution in [2.75, 3.05) is 5.75 Å². The van der Waals surface area contributed by atoms with Gasteiger partial charge in [0.2, 0.25) is 0 Å². The predicted octanol–water partition coefficient (Wildman–Crippen LogP) is 3.35. The molecule has 0 spiro atoms. The number of sulfone groups is 1. The first-order valence-corrected chi connectivity index (χ1v) is 8.48. The van der Waals surface area contributed by atoms with E-state index in [0.29, 0.717) is 0 Å². The Labute approximate surface area is 130 Å². The molecule has 2 rings (SSSR count). The van der Waals surface area contributed by atoms with Gasteiger partial charge in [-0.05, 0) is 23.3 Å². The Bertz CT molecular complexity index is 774. The highest BCUT2D eigenvalue weighted by Gasteiger charge is 2.10. The first kappa shape index (κ1) is 15.9. The summed E-state index contributed by atoms with van der Waals surface area (Å²) < 4.78 is 23.8. The Morgan fingerprint density at radius 3 is 1.86 bits per heavy atom. The van der Waals surface area contributed by atoms with Crippen molar-refractivity contribution < 1.29 is 13.2 Å². The van der Waals surface area contributed by atoms with E-state index in [-0.39, 0.29) is 0 Å². The van der Waals surface area contributed by atoms with Crippen LogP contribution in [0.3, 0.4) is 0 Å². The molecule has 0 radical (unpaired) electrons. The van der Waals surface area contributed by atoms with Crippen molar-refractivity contribution in [2.24, 2.45) is 0 Å². The fraction of sp³-hybridized carbons (Fsp3) is 0.0556. The summed E-state index contributed by atoms with van der Waals surface area (Å²) in [5.74, 6) is -0.971. The zero-order valence-electron chi connectivity index (χ0n) is 11.9. The normalized spacial score (nSPS) is 12.0. The van der Waals surface area contributed by atoms with Crippen LogP contribution in [0.4, 0.5) is 0 Å². The Morgan fingerprint density at radius 2 is 1.32 bits per heavy atom. The molecule has 0 aromatic heterocycles. The van der Waals surface area contributed by atoms with Gasteiger partial charge in [0.1, 0.15) is 5.75 Å². The molecule has 0 bridgehead atoms. The highest BCUT2D eigenvalue weighted by molar-refractivity contribution is 7.95. The van der Waals surface area contributed by atoms with Gasteiger partial charge in [-0.2, -0.15) is 0 Å². The number of benzene rings is 2. The quantitative estimate of drug-likeness (QED) is 0.769. The molecular weight excluding hydrogens is 296 g/mol. The minimum atomic E-state index is -3.56. The van der Waals surface area contributed by atoms with Gasteiger partial charge in [0.05, 0.1) is 0 Å². The number of carbonyl (C=O) groups is 1. The molecule has 0 N–H and O–H groups in total. The van der Waals surface area contributed by atoms with Crippen LogP contribution in [0.15, 0.2) is 72.1 Å². The summed E-state index contributed by atoms with van der Waals surface area (Å²) in [4.78, 5) is 11.7. The molecule has 3 nitrogen and oxygen atoms in total. The Balaban J connectivity index is 1.98. The minimum Gasteiger partial charge on any atom is -0.294 e. The van der Waals surface area contributed by atoms with Crippen LogP contribution in [-0.4, -0.2) is 20.0 Å². The molecule has 0 aliphatic carbocycles. The molecule has 0 fully saturated rings. The topological polar surface area (TPSA) is 51.2 Å². The van der Waals surface area contributed by atoms with E-state index in [0.717, 1.165) is 16.5 Å². The summed E-state index contributed by atoms with van der Waals surface area (Å²) in [5.41, 5.74) is 1.63. The van der Waals surface area contributed by atoms with Crippen LogP contribution in [0.1, 0.15) is 11.1 Å². The van der Waals surface area contributed by atoms with E-state index in [2.05, 4.69) is 0 Å². The molecule has 0 aliphatic rings. The summed E-state index contributed by atoms with van der Waals surface area (Å²) in [7, 11) is -3.56. The minimum absolute atomic E-state index is 0.443. The van der Waals surface area contributed by atoms with Crippen LogP contribution >= 0.6 is 0 Å². The fourth-order valence-electron chi connectivity index (χ4n) is 1.79. The van der Waals surface area contributed by atoms with E-state index in [9.17, 15) is 13.2 Å². The number of allylic oxidation sites excluding steroid dienone is 1. The van der Waals surface area contributed by atoms with Crippen molar-refractivity contribution in [1.29, 1.82) is 0 Å². The molecule has 2 aromatic carbocycles. The largest absolute Gasteiger partial charge is 0.294 e. The van der Waals surface area contributed by atoms with Crippen molar-refractivity contribution in [3.63, 3.8) is 0 Å². The van der Waals surface area contributed by atoms with Gasteiger partial charge in [0, 0.05) is 5.41 Å². The van der Waals surface area contributed by atoms with Crippen LogP contribution in [-0.2, 0) is 14.6 Å². The lowest BCUT2D eigenvalue weighted by atomic mass is 10.2. The van der Waals surface area contributed by atoms with E-state index in [1.165, 1.54) is 12.2 Å². The highest BCUT2D eigenvalue weighted by Crippen LogP contribution is 2.05. The van der Waals surface area contributed by atoms with E-state index in [4.69, 9.17) is 0 Å². The van der Waals surface area contributed by atoms with Gasteiger partial charge in [-0.3, -0.25) is 4.79 Å². The van der Waals surface area contributed by atoms with Crippen molar-refractivity contribution in [3.05, 3.63) is 83.3 Å². The molecule has 0 aliphatic heterocycles. The molecule has 22 heavy (non-hydrogen) atoms. The number of hydrogen-bond donors (Lipinski definition) is 0. The number of hydrogen-bond acceptors (Lipinski definition) is 3. The first-order valence-electron chi connectivity index (χ1n) is 6.77. The van der Waals surface area contributed by atoms with E-state index in [1.807, 2.05) is 48.5 Å². The summed E-state index contributed by atoms with van der Waals surface area (Å²) in [6.07, 6.45) is 4.39. The average molecular weight is 312 g/mol. The van der Waals surface area contributed by atoms with Gasteiger partial charge in [-0.15, -0.1) is 0 Å². The molecule has 0 amide bonds. The second-order valence-corrected chi connectivity index (χ2v) is 6.62. The molecule has 4 heteroatoms. The van der Waals surface area contributed by atoms with Crippen LogP contribution in [0.2, 0.25) is 0 Å². The molecule has 0 unspecified atom stereocenters. The van der Waals surface area contributed by atoms with Crippen LogP contribution < -0.4 is 0 Å². The monoisotopic (exact) mass is 312 g/mol. The van der Waals surface area contributed by atoms with Crippen LogP contribution in [0.25, 0.3) is 12.2 Å². The van der Waals surface area contributed by atoms with E-state index >= 15 is 0 Å². The number of carbonyl (C=O) groups excluding carboxylic acids is 1. The maximum Gasteiger partial charge on any atom is 0.179 e. The third kappa shape index (κ3) is 5.50. The standard InChI is InChI=1S/C18H16O3S/c19-18(12-11-16-7-3-1-4-8-16)15-22(20,21)14-13-17-9-5-2-6-10-17/h1-14H,15H2/b12-11+,14-13+. The predicted molar refractivity (Wildman–Crippen MR) is 89.7 cm³/mol. The maximum absolute atomic E-state index is 11.9. The number of rotatable bonds is 6. The maximum atomic E-state index is 11.9. The SMILES string of the molecule is O=C(/C=C/c1ccccc1)CS(=O)(=O)/C=C/c1ccccc1. The fourth-order valence-corrected chi connectivity index (χ4v) is 2.75. The lowest BCUT2D eigenvalue weighted by Gasteiger charge is -1.96. The summed E-state index contributed by atoms with van der Waals surface area (Å²) >= 11 is 0. The zero-order chi connectivity index (χ0) is 15.8. The van der Waals surface area contributed by atoms with E-state index < -0.39 is 21.4 Å². The molecule has 0 saturated carbocycles. The van der Waals surface area contributed by atoms with Crippen LogP contribution in [0, 0.1) is 0 Å². The van der Waals surface area contributed by atoms with Gasteiger partial charge in [0.15, 0.2) is 15.6 Å². The van der Waals surface area contributed by atoms with Crippen molar-refractivity contribution in [1.82, 2.24) is 0 Å². The lowest BCUT2D eigenvalue weighted by molar-refractivity contribution is -0.112. The first-order chi connectivity index (χ1) is 10.6. The van der Waals surface area contributed by atoms with Crippen molar-refractivity contribution in [3.8, 4) is 0 Å². The summed E-state index contributed by atoms with van der Waals surface area (Å²) in [6.45, 7) is 0. The Morgan fingerprint density at radius 1 is 0.818 bits per heavy atom. The van der Waals surface area contributed by atoms with E-state index in [1.54, 1.807) is 18.2 Å². The second-order valence-electron chi connectivity index (χ2n) is 4.73. The molecule has 0 saturated heterocycles. The molecule has 2 aromatic rings. The summed E-state index contributed by atoms with van der Waals surface area (Å²) in [5, 5.41) is 1.08. The van der Waals surface area contributed by atoms with Gasteiger partial charge < -0.3 is 0 Å². The number of ketones is 1. The molecule has 0 atom stereocenters. The smallest absolute Gasteiger partial charge is 0.179 e. The Hall–Kier alpha value is -2.46. The average Bonchev–Trinajstić information content (AvgIpc) is 2.53. The third-order valence-corrected chi connectivity index (χ3v) is 4.11. The van der Waals surface area contributed by atoms with Gasteiger partial charge in [-0.1, -0.05) is 66.7 Å². The lowest BCUT2D eigenvalue weighted by Crippen LogP contribution is -2.11. The molecule has 112 valence electrons. The van der Waals surface area contributed by atoms with Gasteiger partial charge in [0.25, 0.3) is 0 Å². The van der Waals surface area contributed by atoms with Gasteiger partial charge in [-0.25, -0.2) is 8.42 Å². The zero-order valence-corrected chi connectivity index (χ0v) is 12.7. The Kier molecular flexibility index (Phi) is 5.44. The van der Waals surface area contributed by atoms with Gasteiger partial charge >= 0.3 is 0 Å². The molecule has 0 heterocycles. The second kappa shape index (κ2) is 7.52. The molecular formula is C18H16O3S.